The molecule has 0 fully saturated rings. The van der Waals surface area contributed by atoms with Crippen LogP contribution in [-0.4, -0.2) is 21.9 Å². The Hall–Kier alpha value is -2.14. The Morgan fingerprint density at radius 3 is 2.64 bits per heavy atom. The molecule has 1 aromatic heterocycles. The Morgan fingerprint density at radius 1 is 1.23 bits per heavy atom. The summed E-state index contributed by atoms with van der Waals surface area (Å²) >= 11 is 6.11. The predicted molar refractivity (Wildman–Crippen MR) is 88.8 cm³/mol. The summed E-state index contributed by atoms with van der Waals surface area (Å²) in [6, 6.07) is 7.28. The van der Waals surface area contributed by atoms with Gasteiger partial charge in [-0.2, -0.15) is 0 Å². The lowest BCUT2D eigenvalue weighted by atomic mass is 10.2. The highest BCUT2D eigenvalue weighted by atomic mass is 35.5. The fourth-order valence-electron chi connectivity index (χ4n) is 1.97. The first-order chi connectivity index (χ1) is 10.4. The number of anilines is 2. The van der Waals surface area contributed by atoms with Crippen LogP contribution >= 0.6 is 11.6 Å². The summed E-state index contributed by atoms with van der Waals surface area (Å²) in [5.74, 6) is 0.872. The highest BCUT2D eigenvalue weighted by Crippen LogP contribution is 2.25. The molecule has 116 valence electrons. The van der Waals surface area contributed by atoms with E-state index in [1.807, 2.05) is 39.0 Å². The van der Waals surface area contributed by atoms with Gasteiger partial charge >= 0.3 is 0 Å². The van der Waals surface area contributed by atoms with Gasteiger partial charge in [0.15, 0.2) is 0 Å². The molecule has 2 rings (SSSR count). The topological polar surface area (TPSA) is 66.9 Å². The molecule has 0 radical (unpaired) electrons. The molecule has 0 bridgehead atoms. The highest BCUT2D eigenvalue weighted by Gasteiger charge is 2.12. The number of nitrogens with one attached hydrogen (secondary N) is 2. The van der Waals surface area contributed by atoms with Crippen molar-refractivity contribution >= 4 is 29.0 Å². The van der Waals surface area contributed by atoms with Gasteiger partial charge in [0.2, 0.25) is 0 Å². The SMILES string of the molecule is Cc1nc(Nc2cccc(Cl)c2C)cc(C(=O)NC(C)C)n1. The van der Waals surface area contributed by atoms with Crippen LogP contribution in [0, 0.1) is 13.8 Å². The number of rotatable bonds is 4. The standard InChI is InChI=1S/C16H19ClN4O/c1-9(2)18-16(22)14-8-15(20-11(4)19-14)21-13-7-5-6-12(17)10(13)3/h5-9H,1-4H3,(H,18,22)(H,19,20,21). The average molecular weight is 319 g/mol. The zero-order valence-electron chi connectivity index (χ0n) is 13.1. The lowest BCUT2D eigenvalue weighted by Crippen LogP contribution is -2.31. The summed E-state index contributed by atoms with van der Waals surface area (Å²) in [7, 11) is 0. The second kappa shape index (κ2) is 6.75. The van der Waals surface area contributed by atoms with Crippen LogP contribution in [0.25, 0.3) is 0 Å². The molecule has 2 aromatic rings. The van der Waals surface area contributed by atoms with Gasteiger partial charge in [0.25, 0.3) is 5.91 Å². The van der Waals surface area contributed by atoms with Gasteiger partial charge in [-0.15, -0.1) is 0 Å². The third kappa shape index (κ3) is 3.95. The van der Waals surface area contributed by atoms with Crippen molar-refractivity contribution in [2.45, 2.75) is 33.7 Å². The van der Waals surface area contributed by atoms with Gasteiger partial charge in [-0.1, -0.05) is 17.7 Å². The second-order valence-corrected chi connectivity index (χ2v) is 5.76. The van der Waals surface area contributed by atoms with Crippen LogP contribution in [0.4, 0.5) is 11.5 Å². The van der Waals surface area contributed by atoms with Crippen LogP contribution in [0.15, 0.2) is 24.3 Å². The van der Waals surface area contributed by atoms with Crippen LogP contribution in [0.5, 0.6) is 0 Å². The zero-order chi connectivity index (χ0) is 16.3. The molecule has 0 aliphatic rings. The van der Waals surface area contributed by atoms with Gasteiger partial charge in [0.1, 0.15) is 17.3 Å². The number of amides is 1. The summed E-state index contributed by atoms with van der Waals surface area (Å²) < 4.78 is 0. The molecular weight excluding hydrogens is 300 g/mol. The van der Waals surface area contributed by atoms with E-state index in [4.69, 9.17) is 11.6 Å². The number of carbonyl (C=O) groups excluding carboxylic acids is 1. The maximum Gasteiger partial charge on any atom is 0.270 e. The van der Waals surface area contributed by atoms with Crippen molar-refractivity contribution in [3.8, 4) is 0 Å². The molecule has 0 unspecified atom stereocenters. The van der Waals surface area contributed by atoms with Crippen molar-refractivity contribution in [2.24, 2.45) is 0 Å². The van der Waals surface area contributed by atoms with Gasteiger partial charge in [0, 0.05) is 22.8 Å². The third-order valence-corrected chi connectivity index (χ3v) is 3.43. The first-order valence-corrected chi connectivity index (χ1v) is 7.43. The first kappa shape index (κ1) is 16.2. The minimum atomic E-state index is -0.216. The molecule has 6 heteroatoms. The quantitative estimate of drug-likeness (QED) is 0.903. The summed E-state index contributed by atoms with van der Waals surface area (Å²) in [6.45, 7) is 7.48. The fourth-order valence-corrected chi connectivity index (χ4v) is 2.14. The van der Waals surface area contributed by atoms with Crippen molar-refractivity contribution < 1.29 is 4.79 Å². The number of hydrogen-bond donors (Lipinski definition) is 2. The third-order valence-electron chi connectivity index (χ3n) is 3.02. The molecule has 5 nitrogen and oxygen atoms in total. The first-order valence-electron chi connectivity index (χ1n) is 7.05. The number of aromatic nitrogens is 2. The van der Waals surface area contributed by atoms with E-state index in [9.17, 15) is 4.79 Å². The molecule has 0 spiro atoms. The van der Waals surface area contributed by atoms with Gasteiger partial charge in [0.05, 0.1) is 0 Å². The van der Waals surface area contributed by atoms with Crippen molar-refractivity contribution in [3.05, 3.63) is 46.4 Å². The highest BCUT2D eigenvalue weighted by molar-refractivity contribution is 6.31. The number of hydrogen-bond acceptors (Lipinski definition) is 4. The van der Waals surface area contributed by atoms with Crippen molar-refractivity contribution in [3.63, 3.8) is 0 Å². The van der Waals surface area contributed by atoms with Crippen LogP contribution in [0.3, 0.4) is 0 Å². The number of benzene rings is 1. The van der Waals surface area contributed by atoms with Gasteiger partial charge in [-0.3, -0.25) is 4.79 Å². The van der Waals surface area contributed by atoms with E-state index in [2.05, 4.69) is 20.6 Å². The molecule has 22 heavy (non-hydrogen) atoms. The van der Waals surface area contributed by atoms with E-state index in [-0.39, 0.29) is 11.9 Å². The van der Waals surface area contributed by atoms with Crippen LogP contribution < -0.4 is 10.6 Å². The molecular formula is C16H19ClN4O. The molecule has 0 saturated carbocycles. The minimum absolute atomic E-state index is 0.0503. The Morgan fingerprint density at radius 2 is 1.95 bits per heavy atom. The Balaban J connectivity index is 2.30. The largest absolute Gasteiger partial charge is 0.349 e. The summed E-state index contributed by atoms with van der Waals surface area (Å²) in [5, 5.41) is 6.68. The molecule has 1 aromatic carbocycles. The number of nitrogens with zero attached hydrogens (tertiary/aromatic N) is 2. The molecule has 0 aliphatic heterocycles. The number of carbonyl (C=O) groups is 1. The van der Waals surface area contributed by atoms with Crippen LogP contribution in [-0.2, 0) is 0 Å². The summed E-state index contributed by atoms with van der Waals surface area (Å²) in [5.41, 5.74) is 2.11. The van der Waals surface area contributed by atoms with Crippen LogP contribution in [0.2, 0.25) is 5.02 Å². The second-order valence-electron chi connectivity index (χ2n) is 5.35. The van der Waals surface area contributed by atoms with Gasteiger partial charge < -0.3 is 10.6 Å². The Kier molecular flexibility index (Phi) is 4.98. The molecule has 0 atom stereocenters. The molecule has 2 N–H and O–H groups in total. The molecule has 0 aliphatic carbocycles. The Labute approximate surface area is 135 Å². The number of halogens is 1. The predicted octanol–water partition coefficient (Wildman–Crippen LogP) is 3.63. The minimum Gasteiger partial charge on any atom is -0.349 e. The van der Waals surface area contributed by atoms with E-state index in [0.29, 0.717) is 22.4 Å². The average Bonchev–Trinajstić information content (AvgIpc) is 2.42. The molecule has 0 saturated heterocycles. The summed E-state index contributed by atoms with van der Waals surface area (Å²) in [6.07, 6.45) is 0. The van der Waals surface area contributed by atoms with Crippen molar-refractivity contribution in [1.82, 2.24) is 15.3 Å². The maximum atomic E-state index is 12.1. The normalized spacial score (nSPS) is 10.6. The lowest BCUT2D eigenvalue weighted by Gasteiger charge is -2.12. The molecule has 1 amide bonds. The van der Waals surface area contributed by atoms with Crippen molar-refractivity contribution in [1.29, 1.82) is 0 Å². The fraction of sp³-hybridized carbons (Fsp3) is 0.312. The lowest BCUT2D eigenvalue weighted by molar-refractivity contribution is 0.0937. The van der Waals surface area contributed by atoms with E-state index in [1.54, 1.807) is 13.0 Å². The smallest absolute Gasteiger partial charge is 0.270 e. The monoisotopic (exact) mass is 318 g/mol. The maximum absolute atomic E-state index is 12.1. The molecule has 1 heterocycles. The van der Waals surface area contributed by atoms with Gasteiger partial charge in [-0.25, -0.2) is 9.97 Å². The van der Waals surface area contributed by atoms with Gasteiger partial charge in [-0.05, 0) is 45.4 Å². The Bertz CT molecular complexity index is 701. The van der Waals surface area contributed by atoms with E-state index in [1.165, 1.54) is 0 Å². The van der Waals surface area contributed by atoms with E-state index < -0.39 is 0 Å². The van der Waals surface area contributed by atoms with E-state index in [0.717, 1.165) is 11.3 Å². The van der Waals surface area contributed by atoms with Crippen LogP contribution in [0.1, 0.15) is 35.7 Å². The van der Waals surface area contributed by atoms with Crippen molar-refractivity contribution in [2.75, 3.05) is 5.32 Å². The summed E-state index contributed by atoms with van der Waals surface area (Å²) in [4.78, 5) is 20.6. The van der Waals surface area contributed by atoms with E-state index >= 15 is 0 Å². The number of aryl methyl sites for hydroxylation is 1. The zero-order valence-corrected chi connectivity index (χ0v) is 13.8.